The molecular weight excluding hydrogens is 250 g/mol. The number of thiazole rings is 1. The lowest BCUT2D eigenvalue weighted by Gasteiger charge is -2.31. The Bertz CT molecular complexity index is 335. The van der Waals surface area contributed by atoms with Crippen LogP contribution in [0.3, 0.4) is 0 Å². The topological polar surface area (TPSA) is 19.4 Å². The van der Waals surface area contributed by atoms with Crippen molar-refractivity contribution in [3.05, 3.63) is 15.6 Å². The van der Waals surface area contributed by atoms with Gasteiger partial charge in [0, 0.05) is 36.8 Å². The van der Waals surface area contributed by atoms with Gasteiger partial charge in [-0.25, -0.2) is 4.98 Å². The van der Waals surface area contributed by atoms with Gasteiger partial charge in [-0.05, 0) is 13.5 Å². The first kappa shape index (κ1) is 13.3. The van der Waals surface area contributed by atoms with E-state index in [4.69, 9.17) is 4.98 Å². The zero-order valence-electron chi connectivity index (χ0n) is 10.6. The Morgan fingerprint density at radius 2 is 2.00 bits per heavy atom. The Labute approximate surface area is 113 Å². The molecule has 0 unspecified atom stereocenters. The van der Waals surface area contributed by atoms with Gasteiger partial charge < -0.3 is 4.90 Å². The quantitative estimate of drug-likeness (QED) is 0.844. The highest BCUT2D eigenvalue weighted by Gasteiger charge is 2.16. The molecule has 5 heteroatoms. The molecule has 0 amide bonds. The monoisotopic (exact) mass is 271 g/mol. The number of thiol groups is 1. The van der Waals surface area contributed by atoms with E-state index in [9.17, 15) is 0 Å². The van der Waals surface area contributed by atoms with E-state index in [0.717, 1.165) is 31.8 Å². The predicted octanol–water partition coefficient (Wildman–Crippen LogP) is 1.88. The van der Waals surface area contributed by atoms with Crippen LogP contribution >= 0.6 is 24.0 Å². The number of aryl methyl sites for hydroxylation is 1. The lowest BCUT2D eigenvalue weighted by Crippen LogP contribution is -2.43. The average Bonchev–Trinajstić information content (AvgIpc) is 2.74. The summed E-state index contributed by atoms with van der Waals surface area (Å²) in [5.74, 6) is 0.823. The summed E-state index contributed by atoms with van der Waals surface area (Å²) < 4.78 is 0. The van der Waals surface area contributed by atoms with Crippen LogP contribution in [0.25, 0.3) is 0 Å². The first-order valence-corrected chi connectivity index (χ1v) is 7.67. The van der Waals surface area contributed by atoms with Crippen molar-refractivity contribution >= 4 is 24.0 Å². The standard InChI is InChI=1S/C12H21N3S2/c1-3-10-11(9-16)17-12(13-10)8-15-6-4-14(2)5-7-15/h16H,3-9H2,1-2H3. The van der Waals surface area contributed by atoms with Crippen LogP contribution in [0.4, 0.5) is 0 Å². The first-order valence-electron chi connectivity index (χ1n) is 6.22. The van der Waals surface area contributed by atoms with Crippen molar-refractivity contribution in [1.82, 2.24) is 14.8 Å². The molecule has 96 valence electrons. The second-order valence-electron chi connectivity index (χ2n) is 4.57. The van der Waals surface area contributed by atoms with Crippen molar-refractivity contribution in [3.63, 3.8) is 0 Å². The number of aromatic nitrogens is 1. The van der Waals surface area contributed by atoms with E-state index in [1.54, 1.807) is 0 Å². The molecule has 3 nitrogen and oxygen atoms in total. The van der Waals surface area contributed by atoms with Gasteiger partial charge in [0.15, 0.2) is 0 Å². The van der Waals surface area contributed by atoms with Gasteiger partial charge in [-0.15, -0.1) is 11.3 Å². The molecule has 1 aliphatic heterocycles. The fourth-order valence-corrected chi connectivity index (χ4v) is 3.54. The van der Waals surface area contributed by atoms with Gasteiger partial charge in [-0.1, -0.05) is 6.92 Å². The van der Waals surface area contributed by atoms with E-state index >= 15 is 0 Å². The van der Waals surface area contributed by atoms with E-state index in [1.807, 2.05) is 11.3 Å². The summed E-state index contributed by atoms with van der Waals surface area (Å²) in [6, 6.07) is 0. The molecule has 0 atom stereocenters. The molecule has 1 fully saturated rings. The van der Waals surface area contributed by atoms with E-state index < -0.39 is 0 Å². The van der Waals surface area contributed by atoms with Gasteiger partial charge in [0.1, 0.15) is 5.01 Å². The maximum Gasteiger partial charge on any atom is 0.107 e. The summed E-state index contributed by atoms with van der Waals surface area (Å²) in [5.41, 5.74) is 1.24. The predicted molar refractivity (Wildman–Crippen MR) is 77.0 cm³/mol. The molecule has 0 aromatic carbocycles. The Morgan fingerprint density at radius 3 is 2.53 bits per heavy atom. The highest BCUT2D eigenvalue weighted by molar-refractivity contribution is 7.79. The van der Waals surface area contributed by atoms with E-state index in [1.165, 1.54) is 28.7 Å². The molecule has 2 heterocycles. The Kier molecular flexibility index (Phi) is 4.85. The minimum Gasteiger partial charge on any atom is -0.304 e. The number of hydrogen-bond acceptors (Lipinski definition) is 5. The number of nitrogens with zero attached hydrogens (tertiary/aromatic N) is 3. The fraction of sp³-hybridized carbons (Fsp3) is 0.750. The minimum absolute atomic E-state index is 0.823. The minimum atomic E-state index is 0.823. The van der Waals surface area contributed by atoms with Gasteiger partial charge in [0.2, 0.25) is 0 Å². The molecule has 17 heavy (non-hydrogen) atoms. The maximum absolute atomic E-state index is 4.73. The molecule has 0 radical (unpaired) electrons. The zero-order chi connectivity index (χ0) is 12.3. The van der Waals surface area contributed by atoms with E-state index in [0.29, 0.717) is 0 Å². The summed E-state index contributed by atoms with van der Waals surface area (Å²) in [5, 5.41) is 1.26. The molecule has 0 saturated carbocycles. The fourth-order valence-electron chi connectivity index (χ4n) is 2.10. The molecule has 1 aromatic heterocycles. The molecule has 1 aromatic rings. The smallest absolute Gasteiger partial charge is 0.107 e. The number of piperazine rings is 1. The van der Waals surface area contributed by atoms with E-state index in [-0.39, 0.29) is 0 Å². The van der Waals surface area contributed by atoms with Crippen LogP contribution in [-0.4, -0.2) is 48.0 Å². The molecule has 0 N–H and O–H groups in total. The SMILES string of the molecule is CCc1nc(CN2CCN(C)CC2)sc1CS. The highest BCUT2D eigenvalue weighted by Crippen LogP contribution is 2.22. The average molecular weight is 271 g/mol. The summed E-state index contributed by atoms with van der Waals surface area (Å²) in [7, 11) is 2.19. The zero-order valence-corrected chi connectivity index (χ0v) is 12.4. The van der Waals surface area contributed by atoms with Crippen LogP contribution in [0.1, 0.15) is 22.5 Å². The molecular formula is C12H21N3S2. The molecule has 0 aliphatic carbocycles. The van der Waals surface area contributed by atoms with Crippen LogP contribution in [0, 0.1) is 0 Å². The largest absolute Gasteiger partial charge is 0.304 e. The molecule has 1 aliphatic rings. The van der Waals surface area contributed by atoms with Gasteiger partial charge in [-0.2, -0.15) is 12.6 Å². The van der Waals surface area contributed by atoms with Crippen molar-refractivity contribution in [3.8, 4) is 0 Å². The van der Waals surface area contributed by atoms with Crippen molar-refractivity contribution in [2.45, 2.75) is 25.6 Å². The third-order valence-corrected chi connectivity index (χ3v) is 4.87. The second kappa shape index (κ2) is 6.18. The molecule has 0 bridgehead atoms. The van der Waals surface area contributed by atoms with Crippen molar-refractivity contribution in [1.29, 1.82) is 0 Å². The third-order valence-electron chi connectivity index (χ3n) is 3.26. The van der Waals surface area contributed by atoms with Crippen LogP contribution < -0.4 is 0 Å². The van der Waals surface area contributed by atoms with Crippen molar-refractivity contribution in [2.24, 2.45) is 0 Å². The van der Waals surface area contributed by atoms with Gasteiger partial charge >= 0.3 is 0 Å². The Balaban J connectivity index is 1.96. The van der Waals surface area contributed by atoms with Crippen LogP contribution in [0.5, 0.6) is 0 Å². The lowest BCUT2D eigenvalue weighted by atomic mass is 10.3. The second-order valence-corrected chi connectivity index (χ2v) is 6.05. The van der Waals surface area contributed by atoms with Crippen LogP contribution in [-0.2, 0) is 18.7 Å². The van der Waals surface area contributed by atoms with Crippen LogP contribution in [0.2, 0.25) is 0 Å². The molecule has 0 spiro atoms. The highest BCUT2D eigenvalue weighted by atomic mass is 32.1. The summed E-state index contributed by atoms with van der Waals surface area (Å²) in [4.78, 5) is 11.0. The molecule has 1 saturated heterocycles. The number of hydrogen-bond donors (Lipinski definition) is 1. The summed E-state index contributed by atoms with van der Waals surface area (Å²) in [6.07, 6.45) is 1.02. The number of rotatable bonds is 4. The first-order chi connectivity index (χ1) is 8.22. The molecule has 2 rings (SSSR count). The van der Waals surface area contributed by atoms with Crippen molar-refractivity contribution in [2.75, 3.05) is 33.2 Å². The van der Waals surface area contributed by atoms with Crippen molar-refractivity contribution < 1.29 is 0 Å². The maximum atomic E-state index is 4.73. The summed E-state index contributed by atoms with van der Waals surface area (Å²) >= 11 is 6.21. The Morgan fingerprint density at radius 1 is 1.29 bits per heavy atom. The van der Waals surface area contributed by atoms with Gasteiger partial charge in [0.05, 0.1) is 12.2 Å². The Hall–Kier alpha value is -0.100. The summed E-state index contributed by atoms with van der Waals surface area (Å²) in [6.45, 7) is 7.85. The lowest BCUT2D eigenvalue weighted by molar-refractivity contribution is 0.148. The number of likely N-dealkylation sites (N-methyl/N-ethyl adjacent to an activating group) is 1. The van der Waals surface area contributed by atoms with Gasteiger partial charge in [0.25, 0.3) is 0 Å². The van der Waals surface area contributed by atoms with E-state index in [2.05, 4.69) is 36.4 Å². The van der Waals surface area contributed by atoms with Gasteiger partial charge in [-0.3, -0.25) is 4.90 Å². The third kappa shape index (κ3) is 3.44. The normalized spacial score (nSPS) is 18.8. The van der Waals surface area contributed by atoms with Crippen LogP contribution in [0.15, 0.2) is 0 Å².